The van der Waals surface area contributed by atoms with E-state index in [9.17, 15) is 8.42 Å². The summed E-state index contributed by atoms with van der Waals surface area (Å²) < 4.78 is 37.7. The fraction of sp³-hybridized carbons (Fsp3) is 0.571. The second kappa shape index (κ2) is 6.64. The molecule has 0 bridgehead atoms. The Kier molecular flexibility index (Phi) is 5.08. The molecule has 2 N–H and O–H groups in total. The van der Waals surface area contributed by atoms with E-state index in [-0.39, 0.29) is 11.0 Å². The number of hydrogen-bond donors (Lipinski definition) is 1. The van der Waals surface area contributed by atoms with Crippen LogP contribution in [-0.2, 0) is 14.8 Å². The fourth-order valence-electron chi connectivity index (χ4n) is 2.45. The van der Waals surface area contributed by atoms with Gasteiger partial charge in [-0.15, -0.1) is 0 Å². The van der Waals surface area contributed by atoms with Gasteiger partial charge in [-0.25, -0.2) is 8.42 Å². The molecule has 1 saturated heterocycles. The molecule has 1 aromatic carbocycles. The summed E-state index contributed by atoms with van der Waals surface area (Å²) in [6, 6.07) is 4.63. The summed E-state index contributed by atoms with van der Waals surface area (Å²) in [5.74, 6) is 0.301. The molecule has 1 unspecified atom stereocenters. The first kappa shape index (κ1) is 16.1. The number of ether oxygens (including phenoxy) is 2. The second-order valence-electron chi connectivity index (χ2n) is 5.00. The maximum atomic E-state index is 12.8. The highest BCUT2D eigenvalue weighted by atomic mass is 32.2. The predicted molar refractivity (Wildman–Crippen MR) is 80.8 cm³/mol. The van der Waals surface area contributed by atoms with Crippen LogP contribution in [0.15, 0.2) is 23.1 Å². The normalized spacial score (nSPS) is 19.1. The zero-order valence-electron chi connectivity index (χ0n) is 12.4. The third-order valence-corrected chi connectivity index (χ3v) is 5.55. The molecule has 0 radical (unpaired) electrons. The molecule has 1 heterocycles. The number of anilines is 1. The molecule has 1 aliphatic rings. The van der Waals surface area contributed by atoms with Crippen molar-refractivity contribution in [3.63, 3.8) is 0 Å². The Morgan fingerprint density at radius 2 is 2.24 bits per heavy atom. The molecule has 118 valence electrons. The number of benzene rings is 1. The highest BCUT2D eigenvalue weighted by Gasteiger charge is 2.30. The summed E-state index contributed by atoms with van der Waals surface area (Å²) in [5, 5.41) is 0. The summed E-state index contributed by atoms with van der Waals surface area (Å²) in [5.41, 5.74) is 6.11. The van der Waals surface area contributed by atoms with Crippen LogP contribution in [0, 0.1) is 0 Å². The van der Waals surface area contributed by atoms with Crippen molar-refractivity contribution >= 4 is 15.7 Å². The van der Waals surface area contributed by atoms with Crippen LogP contribution in [0.5, 0.6) is 5.75 Å². The molecule has 6 nitrogen and oxygen atoms in total. The largest absolute Gasteiger partial charge is 0.495 e. The average molecular weight is 314 g/mol. The van der Waals surface area contributed by atoms with Crippen molar-refractivity contribution in [2.24, 2.45) is 0 Å². The number of sulfonamides is 1. The van der Waals surface area contributed by atoms with Gasteiger partial charge in [-0.1, -0.05) is 6.92 Å². The minimum absolute atomic E-state index is 0.0354. The van der Waals surface area contributed by atoms with Gasteiger partial charge in [-0.2, -0.15) is 4.31 Å². The van der Waals surface area contributed by atoms with Crippen LogP contribution in [0.25, 0.3) is 0 Å². The topological polar surface area (TPSA) is 81.9 Å². The van der Waals surface area contributed by atoms with Gasteiger partial charge in [0.15, 0.2) is 0 Å². The van der Waals surface area contributed by atoms with Gasteiger partial charge in [0.2, 0.25) is 10.0 Å². The number of nitrogens with two attached hydrogens (primary N) is 1. The molecule has 1 aliphatic heterocycles. The average Bonchev–Trinajstić information content (AvgIpc) is 2.97. The highest BCUT2D eigenvalue weighted by molar-refractivity contribution is 7.89. The summed E-state index contributed by atoms with van der Waals surface area (Å²) in [6.45, 7) is 3.24. The molecule has 1 atom stereocenters. The van der Waals surface area contributed by atoms with Gasteiger partial charge < -0.3 is 15.2 Å². The van der Waals surface area contributed by atoms with Crippen molar-refractivity contribution in [1.82, 2.24) is 4.31 Å². The highest BCUT2D eigenvalue weighted by Crippen LogP contribution is 2.29. The van der Waals surface area contributed by atoms with E-state index in [1.165, 1.54) is 17.5 Å². The van der Waals surface area contributed by atoms with Crippen LogP contribution in [0.4, 0.5) is 5.69 Å². The zero-order chi connectivity index (χ0) is 15.5. The Labute approximate surface area is 125 Å². The molecular formula is C14H22N2O4S. The lowest BCUT2D eigenvalue weighted by molar-refractivity contribution is 0.0946. The number of nitrogens with zero attached hydrogens (tertiary/aromatic N) is 1. The van der Waals surface area contributed by atoms with Gasteiger partial charge in [-0.05, 0) is 31.0 Å². The lowest BCUT2D eigenvalue weighted by Crippen LogP contribution is -2.37. The molecule has 7 heteroatoms. The zero-order valence-corrected chi connectivity index (χ0v) is 13.2. The van der Waals surface area contributed by atoms with Crippen molar-refractivity contribution in [3.05, 3.63) is 18.2 Å². The smallest absolute Gasteiger partial charge is 0.246 e. The van der Waals surface area contributed by atoms with Crippen molar-refractivity contribution in [1.29, 1.82) is 0 Å². The first-order chi connectivity index (χ1) is 9.98. The van der Waals surface area contributed by atoms with E-state index in [4.69, 9.17) is 15.2 Å². The van der Waals surface area contributed by atoms with Gasteiger partial charge in [0, 0.05) is 25.4 Å². The molecule has 1 fully saturated rings. The third kappa shape index (κ3) is 3.48. The number of rotatable bonds is 6. The van der Waals surface area contributed by atoms with E-state index in [1.807, 2.05) is 6.92 Å². The molecule has 0 amide bonds. The predicted octanol–water partition coefficient (Wildman–Crippen LogP) is 1.47. The Morgan fingerprint density at radius 3 is 2.81 bits per heavy atom. The first-order valence-electron chi connectivity index (χ1n) is 7.04. The maximum Gasteiger partial charge on any atom is 0.246 e. The van der Waals surface area contributed by atoms with E-state index in [2.05, 4.69) is 0 Å². The molecule has 0 aliphatic carbocycles. The number of hydrogen-bond acceptors (Lipinski definition) is 5. The van der Waals surface area contributed by atoms with Crippen molar-refractivity contribution in [2.75, 3.05) is 32.5 Å². The van der Waals surface area contributed by atoms with Crippen LogP contribution in [0.2, 0.25) is 0 Å². The van der Waals surface area contributed by atoms with Gasteiger partial charge in [0.1, 0.15) is 10.6 Å². The van der Waals surface area contributed by atoms with Crippen LogP contribution >= 0.6 is 0 Å². The number of methoxy groups -OCH3 is 1. The van der Waals surface area contributed by atoms with Crippen molar-refractivity contribution in [2.45, 2.75) is 30.8 Å². The molecule has 0 saturated carbocycles. The molecule has 1 aromatic rings. The Hall–Kier alpha value is -1.31. The monoisotopic (exact) mass is 314 g/mol. The van der Waals surface area contributed by atoms with E-state index in [0.717, 1.165) is 12.8 Å². The Balaban J connectivity index is 2.32. The molecular weight excluding hydrogens is 292 g/mol. The minimum Gasteiger partial charge on any atom is -0.495 e. The van der Waals surface area contributed by atoms with E-state index >= 15 is 0 Å². The SMILES string of the molecule is CCN(CC1CCCO1)S(=O)(=O)c1cc(N)ccc1OC. The summed E-state index contributed by atoms with van der Waals surface area (Å²) in [4.78, 5) is 0.102. The second-order valence-corrected chi connectivity index (χ2v) is 6.91. The molecule has 2 rings (SSSR count). The van der Waals surface area contributed by atoms with Gasteiger partial charge in [-0.3, -0.25) is 0 Å². The summed E-state index contributed by atoms with van der Waals surface area (Å²) in [7, 11) is -2.21. The van der Waals surface area contributed by atoms with E-state index in [1.54, 1.807) is 12.1 Å². The van der Waals surface area contributed by atoms with Crippen LogP contribution in [-0.4, -0.2) is 45.6 Å². The quantitative estimate of drug-likeness (QED) is 0.804. The molecule has 21 heavy (non-hydrogen) atoms. The van der Waals surface area contributed by atoms with Gasteiger partial charge >= 0.3 is 0 Å². The minimum atomic E-state index is -3.66. The van der Waals surface area contributed by atoms with Gasteiger partial charge in [0.05, 0.1) is 13.2 Å². The van der Waals surface area contributed by atoms with Crippen LogP contribution in [0.3, 0.4) is 0 Å². The Bertz CT molecular complexity index is 583. The summed E-state index contributed by atoms with van der Waals surface area (Å²) >= 11 is 0. The van der Waals surface area contributed by atoms with E-state index < -0.39 is 10.0 Å². The van der Waals surface area contributed by atoms with Gasteiger partial charge in [0.25, 0.3) is 0 Å². The number of likely N-dealkylation sites (N-methyl/N-ethyl adjacent to an activating group) is 1. The van der Waals surface area contributed by atoms with Crippen molar-refractivity contribution < 1.29 is 17.9 Å². The van der Waals surface area contributed by atoms with E-state index in [0.29, 0.717) is 31.1 Å². The Morgan fingerprint density at radius 1 is 1.48 bits per heavy atom. The molecule has 0 aromatic heterocycles. The van der Waals surface area contributed by atoms with Crippen molar-refractivity contribution in [3.8, 4) is 5.75 Å². The van der Waals surface area contributed by atoms with Crippen LogP contribution < -0.4 is 10.5 Å². The standard InChI is InChI=1S/C14H22N2O4S/c1-3-16(10-12-5-4-8-20-12)21(17,18)14-9-11(15)6-7-13(14)19-2/h6-7,9,12H,3-5,8,10,15H2,1-2H3. The lowest BCUT2D eigenvalue weighted by Gasteiger charge is -2.24. The first-order valence-corrected chi connectivity index (χ1v) is 8.48. The summed E-state index contributed by atoms with van der Waals surface area (Å²) in [6.07, 6.45) is 1.83. The molecule has 0 spiro atoms. The fourth-order valence-corrected chi connectivity index (χ4v) is 4.12. The van der Waals surface area contributed by atoms with Crippen LogP contribution in [0.1, 0.15) is 19.8 Å². The maximum absolute atomic E-state index is 12.8. The number of nitrogen functional groups attached to an aromatic ring is 1. The third-order valence-electron chi connectivity index (χ3n) is 3.59. The lowest BCUT2D eigenvalue weighted by atomic mass is 10.2.